The summed E-state index contributed by atoms with van der Waals surface area (Å²) in [7, 11) is 0. The average Bonchev–Trinajstić information content (AvgIpc) is 3.23. The molecular weight excluding hydrogens is 276 g/mol. The van der Waals surface area contributed by atoms with E-state index in [2.05, 4.69) is 27.5 Å². The quantitative estimate of drug-likeness (QED) is 0.822. The highest BCUT2D eigenvalue weighted by Crippen LogP contribution is 2.28. The van der Waals surface area contributed by atoms with Crippen molar-refractivity contribution in [2.45, 2.75) is 44.3 Å². The Labute approximate surface area is 129 Å². The molecule has 0 radical (unpaired) electrons. The zero-order valence-corrected chi connectivity index (χ0v) is 12.5. The summed E-state index contributed by atoms with van der Waals surface area (Å²) < 4.78 is 1.91. The number of nitrogens with one attached hydrogen (secondary N) is 2. The minimum Gasteiger partial charge on any atom is -0.346 e. The largest absolute Gasteiger partial charge is 0.346 e. The van der Waals surface area contributed by atoms with Crippen LogP contribution in [-0.4, -0.2) is 33.4 Å². The number of fused-ring (bicyclic) bond motifs is 3. The maximum atomic E-state index is 12.5. The first-order valence-corrected chi connectivity index (χ1v) is 7.71. The monoisotopic (exact) mass is 294 g/mol. The van der Waals surface area contributed by atoms with E-state index in [0.29, 0.717) is 17.8 Å². The molecular formula is C17H18N4O. The molecule has 2 aliphatic heterocycles. The van der Waals surface area contributed by atoms with Gasteiger partial charge in [0.2, 0.25) is 0 Å². The zero-order chi connectivity index (χ0) is 15.1. The molecule has 2 aromatic heterocycles. The summed E-state index contributed by atoms with van der Waals surface area (Å²) in [6.45, 7) is 1.80. The minimum absolute atomic E-state index is 0.106. The Morgan fingerprint density at radius 3 is 3.09 bits per heavy atom. The van der Waals surface area contributed by atoms with Crippen LogP contribution in [-0.2, 0) is 0 Å². The summed E-state index contributed by atoms with van der Waals surface area (Å²) >= 11 is 0. The molecule has 4 heterocycles. The van der Waals surface area contributed by atoms with Crippen molar-refractivity contribution in [2.75, 3.05) is 0 Å². The fourth-order valence-electron chi connectivity index (χ4n) is 3.58. The number of aromatic nitrogens is 2. The Balaban J connectivity index is 1.58. The van der Waals surface area contributed by atoms with Crippen LogP contribution in [0.3, 0.4) is 0 Å². The van der Waals surface area contributed by atoms with E-state index in [-0.39, 0.29) is 11.9 Å². The Morgan fingerprint density at radius 2 is 2.36 bits per heavy atom. The molecule has 2 bridgehead atoms. The minimum atomic E-state index is -0.106. The van der Waals surface area contributed by atoms with Crippen molar-refractivity contribution in [1.82, 2.24) is 20.0 Å². The fourth-order valence-corrected chi connectivity index (χ4v) is 3.58. The Bertz CT molecular complexity index is 798. The van der Waals surface area contributed by atoms with Crippen molar-refractivity contribution in [1.29, 1.82) is 0 Å². The van der Waals surface area contributed by atoms with Gasteiger partial charge in [0.15, 0.2) is 0 Å². The first kappa shape index (κ1) is 13.4. The smallest absolute Gasteiger partial charge is 0.271 e. The molecule has 2 fully saturated rings. The summed E-state index contributed by atoms with van der Waals surface area (Å²) in [5.41, 5.74) is 2.25. The first-order chi connectivity index (χ1) is 10.7. The average molecular weight is 294 g/mol. The van der Waals surface area contributed by atoms with E-state index >= 15 is 0 Å². The van der Waals surface area contributed by atoms with Crippen LogP contribution in [0.2, 0.25) is 0 Å². The molecule has 0 aliphatic carbocycles. The molecule has 3 atom stereocenters. The second kappa shape index (κ2) is 5.15. The standard InChI is InChI=1S/C17H18N4O/c1-2-3-12-5-6-13-9-18-16(10-21(12)13)17(22)20-15-8-11-4-7-14(15)19-11/h5-6,9-11,14-15,19H,4,7-8H2,1H3,(H,20,22)/t11-,14+,15-/m1/s1. The second-order valence-electron chi connectivity index (χ2n) is 6.02. The van der Waals surface area contributed by atoms with Crippen LogP contribution in [0.15, 0.2) is 24.5 Å². The zero-order valence-electron chi connectivity index (χ0n) is 12.5. The van der Waals surface area contributed by atoms with Gasteiger partial charge in [0.05, 0.1) is 17.4 Å². The van der Waals surface area contributed by atoms with Gasteiger partial charge in [0.1, 0.15) is 5.69 Å². The third-order valence-corrected chi connectivity index (χ3v) is 4.64. The van der Waals surface area contributed by atoms with E-state index in [1.165, 1.54) is 6.42 Å². The van der Waals surface area contributed by atoms with Crippen molar-refractivity contribution in [2.24, 2.45) is 0 Å². The van der Waals surface area contributed by atoms with Crippen LogP contribution < -0.4 is 10.6 Å². The third-order valence-electron chi connectivity index (χ3n) is 4.64. The van der Waals surface area contributed by atoms with Crippen molar-refractivity contribution < 1.29 is 4.79 Å². The van der Waals surface area contributed by atoms with E-state index in [0.717, 1.165) is 24.1 Å². The third kappa shape index (κ3) is 2.16. The Kier molecular flexibility index (Phi) is 3.12. The second-order valence-corrected chi connectivity index (χ2v) is 6.02. The molecule has 2 N–H and O–H groups in total. The van der Waals surface area contributed by atoms with Crippen molar-refractivity contribution in [3.63, 3.8) is 0 Å². The molecule has 2 aromatic rings. The van der Waals surface area contributed by atoms with Gasteiger partial charge in [-0.2, -0.15) is 0 Å². The number of nitrogens with zero attached hydrogens (tertiary/aromatic N) is 2. The summed E-state index contributed by atoms with van der Waals surface area (Å²) in [4.78, 5) is 16.7. The molecule has 2 saturated heterocycles. The molecule has 1 amide bonds. The van der Waals surface area contributed by atoms with Gasteiger partial charge in [-0.3, -0.25) is 4.79 Å². The lowest BCUT2D eigenvalue weighted by molar-refractivity contribution is 0.0925. The Morgan fingerprint density at radius 1 is 1.45 bits per heavy atom. The molecule has 22 heavy (non-hydrogen) atoms. The number of hydrogen-bond donors (Lipinski definition) is 2. The maximum Gasteiger partial charge on any atom is 0.271 e. The lowest BCUT2D eigenvalue weighted by atomic mass is 9.95. The number of rotatable bonds is 2. The molecule has 2 aliphatic rings. The van der Waals surface area contributed by atoms with Crippen molar-refractivity contribution in [3.8, 4) is 11.8 Å². The van der Waals surface area contributed by atoms with E-state index in [1.807, 2.05) is 16.5 Å². The van der Waals surface area contributed by atoms with Gasteiger partial charge in [0.25, 0.3) is 5.91 Å². The molecule has 5 heteroatoms. The van der Waals surface area contributed by atoms with Crippen molar-refractivity contribution in [3.05, 3.63) is 35.9 Å². The highest BCUT2D eigenvalue weighted by atomic mass is 16.2. The van der Waals surface area contributed by atoms with Crippen LogP contribution in [0.1, 0.15) is 42.4 Å². The first-order valence-electron chi connectivity index (χ1n) is 7.71. The van der Waals surface area contributed by atoms with Gasteiger partial charge in [-0.05, 0) is 44.2 Å². The molecule has 0 saturated carbocycles. The van der Waals surface area contributed by atoms with Crippen LogP contribution in [0.25, 0.3) is 5.52 Å². The van der Waals surface area contributed by atoms with Gasteiger partial charge in [0, 0.05) is 24.3 Å². The van der Waals surface area contributed by atoms with Gasteiger partial charge in [-0.25, -0.2) is 4.98 Å². The molecule has 4 rings (SSSR count). The fraction of sp³-hybridized carbons (Fsp3) is 0.412. The number of carbonyl (C=O) groups excluding carboxylic acids is 1. The van der Waals surface area contributed by atoms with E-state index < -0.39 is 0 Å². The lowest BCUT2D eigenvalue weighted by Crippen LogP contribution is -2.43. The molecule has 112 valence electrons. The van der Waals surface area contributed by atoms with Gasteiger partial charge in [-0.1, -0.05) is 5.92 Å². The van der Waals surface area contributed by atoms with E-state index in [1.54, 1.807) is 19.3 Å². The Hall–Kier alpha value is -2.32. The maximum absolute atomic E-state index is 12.5. The lowest BCUT2D eigenvalue weighted by Gasteiger charge is -2.21. The van der Waals surface area contributed by atoms with Gasteiger partial charge in [-0.15, -0.1) is 0 Å². The normalized spacial score (nSPS) is 26.0. The SMILES string of the molecule is CC#Cc1ccc2cnc(C(=O)N[C@@H]3C[C@H]4CC[C@@H]3N4)cn12. The molecule has 0 aromatic carbocycles. The van der Waals surface area contributed by atoms with Crippen LogP contribution in [0.4, 0.5) is 0 Å². The van der Waals surface area contributed by atoms with Crippen molar-refractivity contribution >= 4 is 11.4 Å². The predicted octanol–water partition coefficient (Wildman–Crippen LogP) is 1.33. The van der Waals surface area contributed by atoms with Gasteiger partial charge < -0.3 is 15.0 Å². The van der Waals surface area contributed by atoms with E-state index in [4.69, 9.17) is 0 Å². The highest BCUT2D eigenvalue weighted by Gasteiger charge is 2.39. The van der Waals surface area contributed by atoms with Crippen LogP contribution >= 0.6 is 0 Å². The number of amides is 1. The summed E-state index contributed by atoms with van der Waals surface area (Å²) in [6.07, 6.45) is 6.88. The summed E-state index contributed by atoms with van der Waals surface area (Å²) in [5, 5.41) is 6.65. The summed E-state index contributed by atoms with van der Waals surface area (Å²) in [6, 6.07) is 5.11. The van der Waals surface area contributed by atoms with E-state index in [9.17, 15) is 4.79 Å². The predicted molar refractivity (Wildman–Crippen MR) is 83.6 cm³/mol. The van der Waals surface area contributed by atoms with Gasteiger partial charge >= 0.3 is 0 Å². The highest BCUT2D eigenvalue weighted by molar-refractivity contribution is 5.92. The number of carbonyl (C=O) groups is 1. The molecule has 5 nitrogen and oxygen atoms in total. The number of hydrogen-bond acceptors (Lipinski definition) is 3. The molecule has 0 unspecified atom stereocenters. The van der Waals surface area contributed by atoms with Crippen LogP contribution in [0.5, 0.6) is 0 Å². The molecule has 0 spiro atoms. The van der Waals surface area contributed by atoms with Crippen LogP contribution in [0, 0.1) is 11.8 Å². The topological polar surface area (TPSA) is 58.4 Å². The summed E-state index contributed by atoms with van der Waals surface area (Å²) in [5.74, 6) is 5.82.